The van der Waals surface area contributed by atoms with Crippen molar-refractivity contribution in [3.05, 3.63) is 28.2 Å². The molecule has 0 fully saturated rings. The second-order valence-corrected chi connectivity index (χ2v) is 7.88. The Morgan fingerprint density at radius 2 is 1.86 bits per heavy atom. The van der Waals surface area contributed by atoms with E-state index < -0.39 is 21.7 Å². The Morgan fingerprint density at radius 1 is 1.23 bits per heavy atom. The standard InChI is InChI=1S/C13H16Cl2N2O4S/c1-17(13(19)5-6-22(2,20)21)8-12(18)16-9-3-4-10(14)11(15)7-9/h3-4,7H,5-6,8H2,1-2H3,(H,16,18). The van der Waals surface area contributed by atoms with Crippen LogP contribution in [0.15, 0.2) is 18.2 Å². The van der Waals surface area contributed by atoms with E-state index in [1.807, 2.05) is 0 Å². The third-order valence-corrected chi connectivity index (χ3v) is 4.38. The van der Waals surface area contributed by atoms with Gasteiger partial charge < -0.3 is 10.2 Å². The van der Waals surface area contributed by atoms with E-state index in [2.05, 4.69) is 5.32 Å². The Bertz CT molecular complexity index is 677. The lowest BCUT2D eigenvalue weighted by molar-refractivity contribution is -0.132. The molecule has 9 heteroatoms. The summed E-state index contributed by atoms with van der Waals surface area (Å²) >= 11 is 11.6. The van der Waals surface area contributed by atoms with Gasteiger partial charge in [0.1, 0.15) is 9.84 Å². The summed E-state index contributed by atoms with van der Waals surface area (Å²) in [5, 5.41) is 3.25. The van der Waals surface area contributed by atoms with Crippen LogP contribution in [0, 0.1) is 0 Å². The van der Waals surface area contributed by atoms with Gasteiger partial charge in [0.05, 0.1) is 22.3 Å². The van der Waals surface area contributed by atoms with Crippen LogP contribution in [0.5, 0.6) is 0 Å². The van der Waals surface area contributed by atoms with Gasteiger partial charge in [-0.3, -0.25) is 9.59 Å². The molecule has 2 amide bonds. The molecule has 1 rings (SSSR count). The third kappa shape index (κ3) is 6.64. The number of carbonyl (C=O) groups excluding carboxylic acids is 2. The van der Waals surface area contributed by atoms with Crippen LogP contribution in [-0.4, -0.2) is 50.7 Å². The maximum absolute atomic E-state index is 11.8. The highest BCUT2D eigenvalue weighted by molar-refractivity contribution is 7.90. The molecule has 0 aliphatic heterocycles. The highest BCUT2D eigenvalue weighted by Gasteiger charge is 2.15. The zero-order valence-corrected chi connectivity index (χ0v) is 14.4. The van der Waals surface area contributed by atoms with Gasteiger partial charge in [0, 0.05) is 25.4 Å². The molecule has 1 aromatic rings. The molecule has 0 radical (unpaired) electrons. The smallest absolute Gasteiger partial charge is 0.243 e. The first-order chi connectivity index (χ1) is 10.1. The summed E-state index contributed by atoms with van der Waals surface area (Å²) < 4.78 is 22.0. The van der Waals surface area contributed by atoms with Gasteiger partial charge in [0.15, 0.2) is 0 Å². The van der Waals surface area contributed by atoms with Crippen LogP contribution < -0.4 is 5.32 Å². The molecule has 0 aliphatic carbocycles. The number of sulfone groups is 1. The molecule has 122 valence electrons. The minimum Gasteiger partial charge on any atom is -0.336 e. The number of rotatable bonds is 6. The fourth-order valence-corrected chi connectivity index (χ4v) is 2.39. The second-order valence-electron chi connectivity index (χ2n) is 4.81. The number of nitrogens with zero attached hydrogens (tertiary/aromatic N) is 1. The van der Waals surface area contributed by atoms with Crippen molar-refractivity contribution in [1.82, 2.24) is 4.90 Å². The Labute approximate surface area is 139 Å². The maximum atomic E-state index is 11.8. The van der Waals surface area contributed by atoms with E-state index in [0.717, 1.165) is 11.2 Å². The van der Waals surface area contributed by atoms with Crippen molar-refractivity contribution in [3.63, 3.8) is 0 Å². The molecule has 0 spiro atoms. The van der Waals surface area contributed by atoms with Crippen molar-refractivity contribution >= 4 is 50.5 Å². The van der Waals surface area contributed by atoms with Crippen molar-refractivity contribution in [2.45, 2.75) is 6.42 Å². The number of likely N-dealkylation sites (N-methyl/N-ethyl adjacent to an activating group) is 1. The molecule has 0 aliphatic rings. The van der Waals surface area contributed by atoms with Crippen LogP contribution in [0.2, 0.25) is 10.0 Å². The number of halogens is 2. The van der Waals surface area contributed by atoms with Crippen LogP contribution in [-0.2, 0) is 19.4 Å². The number of benzene rings is 1. The number of hydrogen-bond acceptors (Lipinski definition) is 4. The SMILES string of the molecule is CN(CC(=O)Nc1ccc(Cl)c(Cl)c1)C(=O)CCS(C)(=O)=O. The van der Waals surface area contributed by atoms with Gasteiger partial charge in [-0.1, -0.05) is 23.2 Å². The Morgan fingerprint density at radius 3 is 2.41 bits per heavy atom. The second kappa shape index (κ2) is 7.80. The summed E-state index contributed by atoms with van der Waals surface area (Å²) in [7, 11) is -1.78. The summed E-state index contributed by atoms with van der Waals surface area (Å²) in [5.41, 5.74) is 0.455. The fourth-order valence-electron chi connectivity index (χ4n) is 1.54. The first-order valence-electron chi connectivity index (χ1n) is 6.25. The number of hydrogen-bond donors (Lipinski definition) is 1. The molecular weight excluding hydrogens is 351 g/mol. The van der Waals surface area contributed by atoms with Crippen LogP contribution in [0.1, 0.15) is 6.42 Å². The number of amides is 2. The lowest BCUT2D eigenvalue weighted by Gasteiger charge is -2.16. The molecular formula is C13H16Cl2N2O4S. The van der Waals surface area contributed by atoms with E-state index in [4.69, 9.17) is 23.2 Å². The minimum absolute atomic E-state index is 0.157. The van der Waals surface area contributed by atoms with Crippen LogP contribution in [0.4, 0.5) is 5.69 Å². The molecule has 0 atom stereocenters. The third-order valence-electron chi connectivity index (χ3n) is 2.70. The Hall–Kier alpha value is -1.31. The monoisotopic (exact) mass is 366 g/mol. The van der Waals surface area contributed by atoms with Gasteiger partial charge in [0.25, 0.3) is 0 Å². The van der Waals surface area contributed by atoms with Gasteiger partial charge >= 0.3 is 0 Å². The molecule has 0 unspecified atom stereocenters. The summed E-state index contributed by atoms with van der Waals surface area (Å²) in [5.74, 6) is -1.09. The fraction of sp³-hybridized carbons (Fsp3) is 0.385. The quantitative estimate of drug-likeness (QED) is 0.832. The van der Waals surface area contributed by atoms with Gasteiger partial charge in [-0.2, -0.15) is 0 Å². The van der Waals surface area contributed by atoms with Gasteiger partial charge in [-0.15, -0.1) is 0 Å². The predicted octanol–water partition coefficient (Wildman–Crippen LogP) is 1.82. The molecule has 22 heavy (non-hydrogen) atoms. The summed E-state index contributed by atoms with van der Waals surface area (Å²) in [6.07, 6.45) is 0.895. The van der Waals surface area contributed by atoms with Crippen LogP contribution in [0.25, 0.3) is 0 Å². The van der Waals surface area contributed by atoms with Crippen molar-refractivity contribution in [3.8, 4) is 0 Å². The molecule has 1 aromatic carbocycles. The largest absolute Gasteiger partial charge is 0.336 e. The van der Waals surface area contributed by atoms with Crippen LogP contribution >= 0.6 is 23.2 Å². The van der Waals surface area contributed by atoms with E-state index in [9.17, 15) is 18.0 Å². The summed E-state index contributed by atoms with van der Waals surface area (Å²) in [4.78, 5) is 24.7. The number of anilines is 1. The summed E-state index contributed by atoms with van der Waals surface area (Å²) in [6, 6.07) is 4.62. The van der Waals surface area contributed by atoms with E-state index in [0.29, 0.717) is 15.7 Å². The molecule has 6 nitrogen and oxygen atoms in total. The zero-order valence-electron chi connectivity index (χ0n) is 12.1. The Balaban J connectivity index is 2.53. The van der Waals surface area contributed by atoms with Crippen molar-refractivity contribution in [2.75, 3.05) is 30.9 Å². The molecule has 0 aromatic heterocycles. The van der Waals surface area contributed by atoms with Gasteiger partial charge in [0.2, 0.25) is 11.8 Å². The van der Waals surface area contributed by atoms with E-state index >= 15 is 0 Å². The highest BCUT2D eigenvalue weighted by Crippen LogP contribution is 2.24. The number of nitrogens with one attached hydrogen (secondary N) is 1. The van der Waals surface area contributed by atoms with Gasteiger partial charge in [-0.25, -0.2) is 8.42 Å². The molecule has 0 heterocycles. The lowest BCUT2D eigenvalue weighted by atomic mass is 10.3. The first kappa shape index (κ1) is 18.7. The summed E-state index contributed by atoms with van der Waals surface area (Å²) in [6.45, 7) is -0.192. The average molecular weight is 367 g/mol. The predicted molar refractivity (Wildman–Crippen MR) is 87.1 cm³/mol. The van der Waals surface area contributed by atoms with Crippen molar-refractivity contribution in [1.29, 1.82) is 0 Å². The highest BCUT2D eigenvalue weighted by atomic mass is 35.5. The maximum Gasteiger partial charge on any atom is 0.243 e. The average Bonchev–Trinajstić information content (AvgIpc) is 2.39. The van der Waals surface area contributed by atoms with E-state index in [1.54, 1.807) is 12.1 Å². The first-order valence-corrected chi connectivity index (χ1v) is 9.07. The zero-order chi connectivity index (χ0) is 16.9. The lowest BCUT2D eigenvalue weighted by Crippen LogP contribution is -2.35. The van der Waals surface area contributed by atoms with E-state index in [-0.39, 0.29) is 18.7 Å². The van der Waals surface area contributed by atoms with Crippen molar-refractivity contribution in [2.24, 2.45) is 0 Å². The Kier molecular flexibility index (Phi) is 6.65. The van der Waals surface area contributed by atoms with Crippen molar-refractivity contribution < 1.29 is 18.0 Å². The topological polar surface area (TPSA) is 83.6 Å². The molecule has 0 saturated heterocycles. The molecule has 0 saturated carbocycles. The minimum atomic E-state index is -3.21. The van der Waals surface area contributed by atoms with E-state index in [1.165, 1.54) is 13.1 Å². The molecule has 1 N–H and O–H groups in total. The van der Waals surface area contributed by atoms with Gasteiger partial charge in [-0.05, 0) is 18.2 Å². The van der Waals surface area contributed by atoms with Crippen LogP contribution in [0.3, 0.4) is 0 Å². The molecule has 0 bridgehead atoms. The normalized spacial score (nSPS) is 11.1. The number of carbonyl (C=O) groups is 2.